The minimum absolute atomic E-state index is 0.0386. The fraction of sp³-hybridized carbons (Fsp3) is 0.438. The molecule has 0 aromatic heterocycles. The molecule has 7 heteroatoms. The van der Waals surface area contributed by atoms with Crippen LogP contribution in [0, 0.1) is 0 Å². The monoisotopic (exact) mass is 321 g/mol. The van der Waals surface area contributed by atoms with Crippen LogP contribution in [0.3, 0.4) is 0 Å². The third-order valence-corrected chi connectivity index (χ3v) is 3.59. The van der Waals surface area contributed by atoms with Crippen molar-refractivity contribution in [2.45, 2.75) is 44.6 Å². The molecule has 1 aromatic rings. The lowest BCUT2D eigenvalue weighted by atomic mass is 9.63. The predicted molar refractivity (Wildman–Crippen MR) is 81.5 cm³/mol. The summed E-state index contributed by atoms with van der Waals surface area (Å²) in [6, 6.07) is 4.09. The van der Waals surface area contributed by atoms with Crippen molar-refractivity contribution in [3.05, 3.63) is 23.8 Å². The van der Waals surface area contributed by atoms with E-state index in [1.165, 1.54) is 18.2 Å². The van der Waals surface area contributed by atoms with Crippen molar-refractivity contribution < 1.29 is 29.3 Å². The number of amides is 1. The first-order chi connectivity index (χ1) is 10.5. The Hall–Kier alpha value is -2.57. The average Bonchev–Trinajstić information content (AvgIpc) is 2.35. The van der Waals surface area contributed by atoms with Gasteiger partial charge in [0.25, 0.3) is 0 Å². The van der Waals surface area contributed by atoms with E-state index in [1.54, 1.807) is 20.8 Å². The van der Waals surface area contributed by atoms with E-state index in [0.29, 0.717) is 5.56 Å². The van der Waals surface area contributed by atoms with Crippen LogP contribution in [0.25, 0.3) is 0 Å². The van der Waals surface area contributed by atoms with Gasteiger partial charge in [-0.05, 0) is 38.5 Å². The Morgan fingerprint density at radius 3 is 2.35 bits per heavy atom. The molecular formula is C16H19NO6. The van der Waals surface area contributed by atoms with Crippen molar-refractivity contribution in [3.8, 4) is 5.75 Å². The van der Waals surface area contributed by atoms with Gasteiger partial charge in [0.1, 0.15) is 22.5 Å². The maximum absolute atomic E-state index is 11.8. The third kappa shape index (κ3) is 3.44. The van der Waals surface area contributed by atoms with E-state index in [4.69, 9.17) is 4.74 Å². The van der Waals surface area contributed by atoms with Crippen LogP contribution >= 0.6 is 0 Å². The molecule has 2 rings (SSSR count). The third-order valence-electron chi connectivity index (χ3n) is 3.59. The Morgan fingerprint density at radius 2 is 1.87 bits per heavy atom. The normalized spacial score (nSPS) is 16.4. The van der Waals surface area contributed by atoms with E-state index in [9.17, 15) is 24.6 Å². The minimum Gasteiger partial charge on any atom is -0.506 e. The summed E-state index contributed by atoms with van der Waals surface area (Å²) in [5, 5.41) is 21.7. The van der Waals surface area contributed by atoms with Crippen LogP contribution in [0.15, 0.2) is 18.2 Å². The summed E-state index contributed by atoms with van der Waals surface area (Å²) < 4.78 is 5.10. The Bertz CT molecular complexity index is 666. The number of aromatic hydroxyl groups is 1. The fourth-order valence-corrected chi connectivity index (χ4v) is 2.45. The molecule has 0 unspecified atom stereocenters. The molecule has 1 fully saturated rings. The minimum atomic E-state index is -1.30. The molecule has 23 heavy (non-hydrogen) atoms. The number of rotatable bonds is 3. The number of aliphatic carboxylic acids is 1. The second-order valence-corrected chi connectivity index (χ2v) is 6.64. The van der Waals surface area contributed by atoms with E-state index >= 15 is 0 Å². The van der Waals surface area contributed by atoms with Crippen LogP contribution in [0.1, 0.15) is 39.2 Å². The zero-order valence-corrected chi connectivity index (χ0v) is 13.2. The van der Waals surface area contributed by atoms with Crippen LogP contribution in [-0.4, -0.2) is 33.7 Å². The lowest BCUT2D eigenvalue weighted by Crippen LogP contribution is -2.48. The Kier molecular flexibility index (Phi) is 4.07. The first-order valence-electron chi connectivity index (χ1n) is 7.12. The van der Waals surface area contributed by atoms with Crippen molar-refractivity contribution in [1.82, 2.24) is 0 Å². The smallest absolute Gasteiger partial charge is 0.412 e. The number of benzene rings is 1. The number of hydrogen-bond donors (Lipinski definition) is 3. The number of carbonyl (C=O) groups excluding carboxylic acids is 2. The fourth-order valence-electron chi connectivity index (χ4n) is 2.45. The molecular weight excluding hydrogens is 302 g/mol. The maximum Gasteiger partial charge on any atom is 0.412 e. The van der Waals surface area contributed by atoms with Crippen molar-refractivity contribution >= 4 is 23.5 Å². The van der Waals surface area contributed by atoms with E-state index in [0.717, 1.165) is 0 Å². The molecule has 0 spiro atoms. The first-order valence-corrected chi connectivity index (χ1v) is 7.12. The van der Waals surface area contributed by atoms with Crippen molar-refractivity contribution in [1.29, 1.82) is 0 Å². The summed E-state index contributed by atoms with van der Waals surface area (Å²) in [5.41, 5.74) is -1.61. The molecule has 7 nitrogen and oxygen atoms in total. The van der Waals surface area contributed by atoms with Gasteiger partial charge in [-0.15, -0.1) is 0 Å². The molecule has 124 valence electrons. The summed E-state index contributed by atoms with van der Waals surface area (Å²) in [6.07, 6.45) is -0.961. The highest BCUT2D eigenvalue weighted by Gasteiger charge is 2.51. The number of carboxylic acids is 1. The summed E-state index contributed by atoms with van der Waals surface area (Å²) in [4.78, 5) is 34.6. The number of carboxylic acid groups (broad SMARTS) is 1. The maximum atomic E-state index is 11.8. The molecule has 0 heterocycles. The number of hydrogen-bond acceptors (Lipinski definition) is 5. The van der Waals surface area contributed by atoms with Gasteiger partial charge in [-0.25, -0.2) is 4.79 Å². The van der Waals surface area contributed by atoms with E-state index in [1.807, 2.05) is 0 Å². The average molecular weight is 321 g/mol. The Morgan fingerprint density at radius 1 is 1.26 bits per heavy atom. The highest BCUT2D eigenvalue weighted by molar-refractivity contribution is 6.01. The van der Waals surface area contributed by atoms with Gasteiger partial charge in [0.15, 0.2) is 0 Å². The summed E-state index contributed by atoms with van der Waals surface area (Å²) in [6.45, 7) is 5.09. The second kappa shape index (κ2) is 5.57. The van der Waals surface area contributed by atoms with E-state index in [2.05, 4.69) is 5.32 Å². The van der Waals surface area contributed by atoms with Crippen LogP contribution in [0.2, 0.25) is 0 Å². The molecule has 3 N–H and O–H groups in total. The summed E-state index contributed by atoms with van der Waals surface area (Å²) in [5.74, 6) is -1.46. The molecule has 1 amide bonds. The standard InChI is InChI=1S/C16H19NO6/c1-15(2,3)23-14(22)17-11-6-9(4-5-12(11)19)16(13(20)21)7-10(18)8-16/h4-6,19H,7-8H2,1-3H3,(H,17,22)(H,20,21). The lowest BCUT2D eigenvalue weighted by Gasteiger charge is -2.36. The van der Waals surface area contributed by atoms with E-state index < -0.39 is 23.1 Å². The van der Waals surface area contributed by atoms with Crippen molar-refractivity contribution in [3.63, 3.8) is 0 Å². The lowest BCUT2D eigenvalue weighted by molar-refractivity contribution is -0.153. The molecule has 0 aliphatic heterocycles. The molecule has 1 saturated carbocycles. The van der Waals surface area contributed by atoms with Crippen molar-refractivity contribution in [2.75, 3.05) is 5.32 Å². The highest BCUT2D eigenvalue weighted by Crippen LogP contribution is 2.43. The topological polar surface area (TPSA) is 113 Å². The first kappa shape index (κ1) is 16.8. The summed E-state index contributed by atoms with van der Waals surface area (Å²) >= 11 is 0. The molecule has 1 aromatic carbocycles. The number of carbonyl (C=O) groups is 3. The highest BCUT2D eigenvalue weighted by atomic mass is 16.6. The number of phenolic OH excluding ortho intramolecular Hbond substituents is 1. The number of ether oxygens (including phenoxy) is 1. The molecule has 0 bridgehead atoms. The van der Waals surface area contributed by atoms with Gasteiger partial charge in [0.2, 0.25) is 0 Å². The van der Waals surface area contributed by atoms with Gasteiger partial charge in [-0.2, -0.15) is 0 Å². The van der Waals surface area contributed by atoms with Crippen LogP contribution in [-0.2, 0) is 19.7 Å². The van der Waals surface area contributed by atoms with Gasteiger partial charge >= 0.3 is 12.1 Å². The Balaban J connectivity index is 2.27. The largest absolute Gasteiger partial charge is 0.506 e. The quantitative estimate of drug-likeness (QED) is 0.737. The number of ketones is 1. The van der Waals surface area contributed by atoms with Crippen LogP contribution < -0.4 is 5.32 Å². The molecule has 1 aliphatic carbocycles. The number of Topliss-reactive ketones (excluding diaryl/α,β-unsaturated/α-hetero) is 1. The van der Waals surface area contributed by atoms with Gasteiger partial charge in [-0.1, -0.05) is 6.07 Å². The Labute approximate surface area is 133 Å². The zero-order chi connectivity index (χ0) is 17.4. The SMILES string of the molecule is CC(C)(C)OC(=O)Nc1cc(C2(C(=O)O)CC(=O)C2)ccc1O. The second-order valence-electron chi connectivity index (χ2n) is 6.64. The van der Waals surface area contributed by atoms with E-state index in [-0.39, 0.29) is 30.1 Å². The number of anilines is 1. The molecule has 1 aliphatic rings. The van der Waals surface area contributed by atoms with Gasteiger partial charge in [0, 0.05) is 12.8 Å². The van der Waals surface area contributed by atoms with Crippen molar-refractivity contribution in [2.24, 2.45) is 0 Å². The van der Waals surface area contributed by atoms with Crippen LogP contribution in [0.4, 0.5) is 10.5 Å². The predicted octanol–water partition coefficient (Wildman–Crippen LogP) is 2.42. The van der Waals surface area contributed by atoms with Gasteiger partial charge in [0.05, 0.1) is 5.69 Å². The zero-order valence-electron chi connectivity index (χ0n) is 13.2. The number of nitrogens with one attached hydrogen (secondary N) is 1. The molecule has 0 radical (unpaired) electrons. The molecule has 0 atom stereocenters. The molecule has 0 saturated heterocycles. The summed E-state index contributed by atoms with van der Waals surface area (Å²) in [7, 11) is 0. The van der Waals surface area contributed by atoms with Crippen LogP contribution in [0.5, 0.6) is 5.75 Å². The van der Waals surface area contributed by atoms with Gasteiger partial charge in [-0.3, -0.25) is 14.9 Å². The van der Waals surface area contributed by atoms with Gasteiger partial charge < -0.3 is 14.9 Å². The number of phenols is 1.